The second kappa shape index (κ2) is 7.41. The van der Waals surface area contributed by atoms with E-state index in [0.717, 1.165) is 16.2 Å². The van der Waals surface area contributed by atoms with Gasteiger partial charge in [-0.2, -0.15) is 0 Å². The Bertz CT molecular complexity index is 351. The third-order valence-electron chi connectivity index (χ3n) is 2.09. The van der Waals surface area contributed by atoms with Crippen molar-refractivity contribution in [2.45, 2.75) is 12.8 Å². The summed E-state index contributed by atoms with van der Waals surface area (Å²) in [4.78, 5) is 11.5. The van der Waals surface area contributed by atoms with Crippen molar-refractivity contribution in [1.82, 2.24) is 5.32 Å². The number of benzene rings is 1. The van der Waals surface area contributed by atoms with E-state index >= 15 is 0 Å². The van der Waals surface area contributed by atoms with Crippen molar-refractivity contribution >= 4 is 34.1 Å². The van der Waals surface area contributed by atoms with E-state index in [1.807, 2.05) is 36.6 Å². The van der Waals surface area contributed by atoms with Crippen molar-refractivity contribution in [3.63, 3.8) is 0 Å². The molecular formula is C12H15NOS2. The monoisotopic (exact) mass is 253 g/mol. The lowest BCUT2D eigenvalue weighted by molar-refractivity contribution is -0.120. The van der Waals surface area contributed by atoms with Crippen LogP contribution in [0.25, 0.3) is 0 Å². The summed E-state index contributed by atoms with van der Waals surface area (Å²) >= 11 is 6.61. The molecule has 0 saturated heterocycles. The number of hydrogen-bond acceptors (Lipinski definition) is 3. The summed E-state index contributed by atoms with van der Waals surface area (Å²) < 4.78 is 0.931. The lowest BCUT2D eigenvalue weighted by Gasteiger charge is -2.04. The SMILES string of the molecule is CSC(=S)CCNC(=O)Cc1ccccc1. The predicted octanol–water partition coefficient (Wildman–Crippen LogP) is 2.43. The second-order valence-electron chi connectivity index (χ2n) is 3.34. The average Bonchev–Trinajstić information content (AvgIpc) is 2.30. The van der Waals surface area contributed by atoms with E-state index in [2.05, 4.69) is 5.32 Å². The molecule has 16 heavy (non-hydrogen) atoms. The van der Waals surface area contributed by atoms with Crippen molar-refractivity contribution in [3.05, 3.63) is 35.9 Å². The van der Waals surface area contributed by atoms with Gasteiger partial charge in [0.05, 0.1) is 6.42 Å². The Morgan fingerprint density at radius 3 is 2.69 bits per heavy atom. The minimum atomic E-state index is 0.0510. The molecule has 0 fully saturated rings. The molecule has 1 amide bonds. The van der Waals surface area contributed by atoms with Crippen LogP contribution in [0.1, 0.15) is 12.0 Å². The van der Waals surface area contributed by atoms with Gasteiger partial charge in [-0.3, -0.25) is 4.79 Å². The maximum Gasteiger partial charge on any atom is 0.224 e. The zero-order valence-electron chi connectivity index (χ0n) is 9.23. The van der Waals surface area contributed by atoms with E-state index in [-0.39, 0.29) is 5.91 Å². The van der Waals surface area contributed by atoms with Crippen molar-refractivity contribution in [2.24, 2.45) is 0 Å². The summed E-state index contributed by atoms with van der Waals surface area (Å²) in [5.41, 5.74) is 1.03. The molecule has 1 aromatic rings. The van der Waals surface area contributed by atoms with Gasteiger partial charge in [0.15, 0.2) is 0 Å². The first kappa shape index (κ1) is 13.2. The van der Waals surface area contributed by atoms with Crippen molar-refractivity contribution < 1.29 is 4.79 Å². The van der Waals surface area contributed by atoms with E-state index < -0.39 is 0 Å². The number of rotatable bonds is 5. The van der Waals surface area contributed by atoms with Crippen molar-refractivity contribution in [3.8, 4) is 0 Å². The van der Waals surface area contributed by atoms with Crippen LogP contribution in [0.4, 0.5) is 0 Å². The van der Waals surface area contributed by atoms with Crippen LogP contribution in [-0.4, -0.2) is 22.9 Å². The van der Waals surface area contributed by atoms with E-state index in [4.69, 9.17) is 12.2 Å². The summed E-state index contributed by atoms with van der Waals surface area (Å²) in [6.07, 6.45) is 3.15. The average molecular weight is 253 g/mol. The number of carbonyl (C=O) groups excluding carboxylic acids is 1. The summed E-state index contributed by atoms with van der Waals surface area (Å²) in [5.74, 6) is 0.0510. The molecule has 0 atom stereocenters. The lowest BCUT2D eigenvalue weighted by atomic mass is 10.1. The van der Waals surface area contributed by atoms with E-state index in [0.29, 0.717) is 13.0 Å². The fourth-order valence-electron chi connectivity index (χ4n) is 1.25. The first-order valence-corrected chi connectivity index (χ1v) is 6.73. The van der Waals surface area contributed by atoms with Gasteiger partial charge in [-0.05, 0) is 11.8 Å². The topological polar surface area (TPSA) is 29.1 Å². The number of thioether (sulfide) groups is 1. The number of amides is 1. The highest BCUT2D eigenvalue weighted by molar-refractivity contribution is 8.22. The quantitative estimate of drug-likeness (QED) is 0.817. The molecule has 0 aromatic heterocycles. The second-order valence-corrected chi connectivity index (χ2v) is 4.99. The Hall–Kier alpha value is -0.870. The normalized spacial score (nSPS) is 9.81. The zero-order valence-corrected chi connectivity index (χ0v) is 10.9. The number of thiocarbonyl (C=S) groups is 1. The summed E-state index contributed by atoms with van der Waals surface area (Å²) in [6, 6.07) is 9.72. The van der Waals surface area contributed by atoms with Gasteiger partial charge in [0.2, 0.25) is 5.91 Å². The van der Waals surface area contributed by atoms with Crippen LogP contribution in [-0.2, 0) is 11.2 Å². The van der Waals surface area contributed by atoms with Crippen LogP contribution in [0.15, 0.2) is 30.3 Å². The molecule has 0 saturated carbocycles. The highest BCUT2D eigenvalue weighted by Crippen LogP contribution is 2.02. The van der Waals surface area contributed by atoms with Crippen LogP contribution in [0.3, 0.4) is 0 Å². The fraction of sp³-hybridized carbons (Fsp3) is 0.333. The lowest BCUT2D eigenvalue weighted by Crippen LogP contribution is -2.26. The molecule has 0 radical (unpaired) electrons. The Labute approximate surface area is 106 Å². The molecule has 0 unspecified atom stereocenters. The minimum Gasteiger partial charge on any atom is -0.355 e. The molecule has 1 N–H and O–H groups in total. The Kier molecular flexibility index (Phi) is 6.11. The van der Waals surface area contributed by atoms with Gasteiger partial charge >= 0.3 is 0 Å². The molecule has 4 heteroatoms. The van der Waals surface area contributed by atoms with Gasteiger partial charge in [0, 0.05) is 17.2 Å². The van der Waals surface area contributed by atoms with Gasteiger partial charge < -0.3 is 5.32 Å². The van der Waals surface area contributed by atoms with E-state index in [9.17, 15) is 4.79 Å². The fourth-order valence-corrected chi connectivity index (χ4v) is 1.66. The maximum atomic E-state index is 11.5. The number of carbonyl (C=O) groups is 1. The molecule has 0 spiro atoms. The van der Waals surface area contributed by atoms with Gasteiger partial charge in [-0.1, -0.05) is 42.5 Å². The Balaban J connectivity index is 2.24. The van der Waals surface area contributed by atoms with Gasteiger partial charge in [-0.15, -0.1) is 11.8 Å². The molecule has 0 aliphatic carbocycles. The highest BCUT2D eigenvalue weighted by Gasteiger charge is 2.02. The van der Waals surface area contributed by atoms with Crippen LogP contribution >= 0.6 is 24.0 Å². The summed E-state index contributed by atoms with van der Waals surface area (Å²) in [5, 5.41) is 2.86. The molecule has 0 heterocycles. The number of nitrogens with one attached hydrogen (secondary N) is 1. The first-order valence-electron chi connectivity index (χ1n) is 5.10. The third-order valence-corrected chi connectivity index (χ3v) is 3.45. The summed E-state index contributed by atoms with van der Waals surface area (Å²) in [7, 11) is 0. The van der Waals surface area contributed by atoms with E-state index in [1.165, 1.54) is 0 Å². The van der Waals surface area contributed by atoms with Gasteiger partial charge in [-0.25, -0.2) is 0 Å². The summed E-state index contributed by atoms with van der Waals surface area (Å²) in [6.45, 7) is 0.630. The Morgan fingerprint density at radius 2 is 2.06 bits per heavy atom. The zero-order chi connectivity index (χ0) is 11.8. The first-order chi connectivity index (χ1) is 7.72. The molecule has 1 aromatic carbocycles. The standard InChI is InChI=1S/C12H15NOS2/c1-16-12(15)7-8-13-11(14)9-10-5-3-2-4-6-10/h2-6H,7-9H2,1H3,(H,13,14). The molecule has 0 aliphatic rings. The number of hydrogen-bond donors (Lipinski definition) is 1. The molecule has 0 bridgehead atoms. The molecular weight excluding hydrogens is 238 g/mol. The molecule has 2 nitrogen and oxygen atoms in total. The highest BCUT2D eigenvalue weighted by atomic mass is 32.2. The molecule has 86 valence electrons. The van der Waals surface area contributed by atoms with Crippen LogP contribution in [0.5, 0.6) is 0 Å². The predicted molar refractivity (Wildman–Crippen MR) is 73.9 cm³/mol. The van der Waals surface area contributed by atoms with Crippen LogP contribution in [0.2, 0.25) is 0 Å². The van der Waals surface area contributed by atoms with Crippen LogP contribution in [0, 0.1) is 0 Å². The largest absolute Gasteiger partial charge is 0.355 e. The van der Waals surface area contributed by atoms with Gasteiger partial charge in [0.1, 0.15) is 0 Å². The van der Waals surface area contributed by atoms with Crippen molar-refractivity contribution in [1.29, 1.82) is 0 Å². The van der Waals surface area contributed by atoms with Gasteiger partial charge in [0.25, 0.3) is 0 Å². The minimum absolute atomic E-state index is 0.0510. The molecule has 1 rings (SSSR count). The van der Waals surface area contributed by atoms with Crippen molar-refractivity contribution in [2.75, 3.05) is 12.8 Å². The van der Waals surface area contributed by atoms with E-state index in [1.54, 1.807) is 11.8 Å². The smallest absolute Gasteiger partial charge is 0.224 e. The van der Waals surface area contributed by atoms with Crippen LogP contribution < -0.4 is 5.32 Å². The third kappa shape index (κ3) is 5.28. The molecule has 0 aliphatic heterocycles. The Morgan fingerprint density at radius 1 is 1.38 bits per heavy atom. The maximum absolute atomic E-state index is 11.5.